The fourth-order valence-corrected chi connectivity index (χ4v) is 2.52. The van der Waals surface area contributed by atoms with Crippen molar-refractivity contribution >= 4 is 35.8 Å². The van der Waals surface area contributed by atoms with Crippen molar-refractivity contribution in [2.45, 2.75) is 103 Å². The van der Waals surface area contributed by atoms with Gasteiger partial charge in [-0.3, -0.25) is 4.79 Å². The average Bonchev–Trinajstić information content (AvgIpc) is 2.59. The summed E-state index contributed by atoms with van der Waals surface area (Å²) in [5, 5.41) is 9.69. The molecule has 0 aromatic heterocycles. The molecule has 152 valence electrons. The third-order valence-corrected chi connectivity index (χ3v) is 4.14. The Kier molecular flexibility index (Phi) is 22.5. The Morgan fingerprint density at radius 3 is 1.65 bits per heavy atom. The van der Waals surface area contributed by atoms with Crippen LogP contribution in [0.2, 0.25) is 0 Å². The van der Waals surface area contributed by atoms with Crippen molar-refractivity contribution in [3.8, 4) is 0 Å². The van der Waals surface area contributed by atoms with Gasteiger partial charge in [0.25, 0.3) is 0 Å². The van der Waals surface area contributed by atoms with E-state index in [1.54, 1.807) is 0 Å². The molecule has 6 heteroatoms. The second-order valence-corrected chi connectivity index (χ2v) is 6.64. The molecule has 0 aromatic carbocycles. The van der Waals surface area contributed by atoms with E-state index in [1.807, 2.05) is 0 Å². The van der Waals surface area contributed by atoms with Crippen LogP contribution in [0.3, 0.4) is 0 Å². The average molecular weight is 477 g/mol. The van der Waals surface area contributed by atoms with Crippen molar-refractivity contribution < 1.29 is 24.2 Å². The van der Waals surface area contributed by atoms with Gasteiger partial charge in [0, 0.05) is 23.9 Å². The van der Waals surface area contributed by atoms with E-state index in [2.05, 4.69) is 13.8 Å². The van der Waals surface area contributed by atoms with Gasteiger partial charge in [-0.05, 0) is 12.8 Å². The first-order valence-electron chi connectivity index (χ1n) is 10.1. The van der Waals surface area contributed by atoms with Gasteiger partial charge >= 0.3 is 11.9 Å². The summed E-state index contributed by atoms with van der Waals surface area (Å²) in [6.45, 7) is 4.99. The number of unbranched alkanes of at least 4 members (excludes halogenated alkanes) is 10. The normalized spacial score (nSPS) is 11.5. The molecule has 4 radical (unpaired) electrons. The molecule has 0 fully saturated rings. The Bertz CT molecular complexity index is 336. The van der Waals surface area contributed by atoms with Gasteiger partial charge in [0.2, 0.25) is 0 Å². The van der Waals surface area contributed by atoms with Gasteiger partial charge in [0.15, 0.2) is 6.10 Å². The van der Waals surface area contributed by atoms with Crippen molar-refractivity contribution in [1.82, 2.24) is 0 Å². The first-order valence-corrected chi connectivity index (χ1v) is 10.1. The zero-order valence-electron chi connectivity index (χ0n) is 16.8. The van der Waals surface area contributed by atoms with Crippen molar-refractivity contribution in [3.63, 3.8) is 0 Å². The smallest absolute Gasteiger partial charge is 0.335 e. The van der Waals surface area contributed by atoms with Gasteiger partial charge in [-0.2, -0.15) is 0 Å². The van der Waals surface area contributed by atoms with Crippen LogP contribution in [-0.4, -0.2) is 60.3 Å². The maximum absolute atomic E-state index is 11.6. The summed E-state index contributed by atoms with van der Waals surface area (Å²) >= 11 is 0. The summed E-state index contributed by atoms with van der Waals surface area (Å²) in [5.41, 5.74) is 0. The van der Waals surface area contributed by atoms with Crippen LogP contribution in [0.4, 0.5) is 0 Å². The van der Waals surface area contributed by atoms with E-state index in [4.69, 9.17) is 9.47 Å². The van der Waals surface area contributed by atoms with Crippen LogP contribution in [0.15, 0.2) is 0 Å². The van der Waals surface area contributed by atoms with E-state index in [0.29, 0.717) is 13.2 Å². The minimum atomic E-state index is -1.42. The summed E-state index contributed by atoms with van der Waals surface area (Å²) in [7, 11) is 0. The van der Waals surface area contributed by atoms with Crippen LogP contribution in [0.25, 0.3) is 0 Å². The quantitative estimate of drug-likeness (QED) is 0.194. The molecule has 0 amide bonds. The largest absolute Gasteiger partial charge is 0.466 e. The van der Waals surface area contributed by atoms with Crippen LogP contribution in [-0.2, 0) is 19.1 Å². The van der Waals surface area contributed by atoms with Crippen LogP contribution >= 0.6 is 0 Å². The molecule has 0 aliphatic carbocycles. The maximum atomic E-state index is 11.6. The predicted octanol–water partition coefficient (Wildman–Crippen LogP) is 4.16. The van der Waals surface area contributed by atoms with E-state index < -0.39 is 18.0 Å². The van der Waals surface area contributed by atoms with Crippen molar-refractivity contribution in [2.24, 2.45) is 0 Å². The van der Waals surface area contributed by atoms with E-state index in [-0.39, 0.29) is 30.3 Å². The van der Waals surface area contributed by atoms with Gasteiger partial charge in [-0.25, -0.2) is 4.79 Å². The zero-order chi connectivity index (χ0) is 18.8. The summed E-state index contributed by atoms with van der Waals surface area (Å²) in [6, 6.07) is 0. The van der Waals surface area contributed by atoms with Gasteiger partial charge in [-0.15, -0.1) is 0 Å². The van der Waals surface area contributed by atoms with Crippen LogP contribution < -0.4 is 0 Å². The number of hydrogen-bond acceptors (Lipinski definition) is 5. The fraction of sp³-hybridized carbons (Fsp3) is 0.900. The van der Waals surface area contributed by atoms with Gasteiger partial charge < -0.3 is 14.6 Å². The van der Waals surface area contributed by atoms with Gasteiger partial charge in [0.1, 0.15) is 0 Å². The number of esters is 2. The Morgan fingerprint density at radius 1 is 0.731 bits per heavy atom. The molecule has 0 aliphatic rings. The van der Waals surface area contributed by atoms with Gasteiger partial charge in [0.05, 0.1) is 19.6 Å². The van der Waals surface area contributed by atoms with Crippen LogP contribution in [0.1, 0.15) is 97.3 Å². The van der Waals surface area contributed by atoms with Crippen molar-refractivity contribution in [2.75, 3.05) is 13.2 Å². The Hall–Kier alpha value is -0.301. The molecule has 0 rings (SSSR count). The Labute approximate surface area is 176 Å². The van der Waals surface area contributed by atoms with Crippen LogP contribution in [0, 0.1) is 0 Å². The molecule has 1 N–H and O–H groups in total. The molecule has 0 bridgehead atoms. The van der Waals surface area contributed by atoms with E-state index in [9.17, 15) is 14.7 Å². The monoisotopic (exact) mass is 478 g/mol. The molecule has 5 nitrogen and oxygen atoms in total. The number of carbonyl (C=O) groups is 2. The van der Waals surface area contributed by atoms with Crippen molar-refractivity contribution in [1.29, 1.82) is 0 Å². The third kappa shape index (κ3) is 18.5. The molecular formula is C20H38O5Sn. The van der Waals surface area contributed by atoms with E-state index in [1.165, 1.54) is 38.5 Å². The molecule has 1 atom stereocenters. The number of hydrogen-bond donors (Lipinski definition) is 1. The first kappa shape index (κ1) is 27.9. The summed E-state index contributed by atoms with van der Waals surface area (Å²) in [6.07, 6.45) is 11.5. The summed E-state index contributed by atoms with van der Waals surface area (Å²) < 4.78 is 10.0. The molecule has 0 saturated carbocycles. The molecule has 0 saturated heterocycles. The number of ether oxygens (including phenoxy) is 2. The third-order valence-electron chi connectivity index (χ3n) is 4.14. The molecular weight excluding hydrogens is 439 g/mol. The fourth-order valence-electron chi connectivity index (χ4n) is 2.52. The number of rotatable bonds is 17. The topological polar surface area (TPSA) is 72.8 Å². The number of carbonyl (C=O) groups excluding carboxylic acids is 2. The van der Waals surface area contributed by atoms with Crippen molar-refractivity contribution in [3.05, 3.63) is 0 Å². The molecule has 26 heavy (non-hydrogen) atoms. The standard InChI is InChI=1S/C20H38O5.Sn/c1-3-5-7-9-11-13-15-24-19(22)17-18(21)20(23)25-16-14-12-10-8-6-4-2;/h18,21H,3-17H2,1-2H3;. The molecule has 1 unspecified atom stereocenters. The minimum absolute atomic E-state index is 0. The number of aliphatic hydroxyl groups is 1. The SMILES string of the molecule is CCCCCCCCOC(=O)CC(O)C(=O)OCCCCCCCC.[Sn]. The van der Waals surface area contributed by atoms with Gasteiger partial charge in [-0.1, -0.05) is 78.1 Å². The summed E-state index contributed by atoms with van der Waals surface area (Å²) in [5.74, 6) is -1.28. The summed E-state index contributed by atoms with van der Waals surface area (Å²) in [4.78, 5) is 23.2. The zero-order valence-corrected chi connectivity index (χ0v) is 19.6. The second-order valence-electron chi connectivity index (χ2n) is 6.64. The Balaban J connectivity index is 0. The molecule has 0 heterocycles. The second kappa shape index (κ2) is 21.0. The molecule has 0 aliphatic heterocycles. The van der Waals surface area contributed by atoms with E-state index >= 15 is 0 Å². The molecule has 0 aromatic rings. The predicted molar refractivity (Wildman–Crippen MR) is 105 cm³/mol. The van der Waals surface area contributed by atoms with E-state index in [0.717, 1.165) is 38.5 Å². The Morgan fingerprint density at radius 2 is 1.15 bits per heavy atom. The molecule has 0 spiro atoms. The van der Waals surface area contributed by atoms with Crippen LogP contribution in [0.5, 0.6) is 0 Å². The minimum Gasteiger partial charge on any atom is -0.466 e. The number of aliphatic hydroxyl groups excluding tert-OH is 1. The first-order chi connectivity index (χ1) is 12.1. The maximum Gasteiger partial charge on any atom is 0.335 e.